The zero-order valence-electron chi connectivity index (χ0n) is 16.0. The fourth-order valence-electron chi connectivity index (χ4n) is 4.13. The van der Waals surface area contributed by atoms with Crippen molar-refractivity contribution in [1.29, 1.82) is 0 Å². The monoisotopic (exact) mass is 394 g/mol. The van der Waals surface area contributed by atoms with E-state index in [-0.39, 0.29) is 30.1 Å². The van der Waals surface area contributed by atoms with Crippen molar-refractivity contribution in [2.45, 2.75) is 25.3 Å². The Morgan fingerprint density at radius 1 is 0.966 bits per heavy atom. The highest BCUT2D eigenvalue weighted by molar-refractivity contribution is 6.21. The lowest BCUT2D eigenvalue weighted by Gasteiger charge is -2.30. The SMILES string of the molecule is NC(=O)C1CC[NH+]([C@@H]2CC(=O)N(c3ccc(Oc4ccccc4)cc3)C2=O)CC1. The largest absolute Gasteiger partial charge is 0.457 e. The van der Waals surface area contributed by atoms with Crippen LogP contribution in [0.15, 0.2) is 54.6 Å². The zero-order chi connectivity index (χ0) is 20.4. The first-order valence-corrected chi connectivity index (χ1v) is 9.86. The molecule has 0 spiro atoms. The molecular formula is C22H24N3O4+. The van der Waals surface area contributed by atoms with Crippen molar-refractivity contribution in [2.75, 3.05) is 18.0 Å². The average molecular weight is 394 g/mol. The number of nitrogens with two attached hydrogens (primary N) is 1. The van der Waals surface area contributed by atoms with Crippen molar-refractivity contribution in [2.24, 2.45) is 11.7 Å². The van der Waals surface area contributed by atoms with Crippen LogP contribution in [0.2, 0.25) is 0 Å². The molecule has 0 saturated carbocycles. The maximum Gasteiger partial charge on any atom is 0.292 e. The highest BCUT2D eigenvalue weighted by Gasteiger charge is 2.46. The number of primary amides is 1. The molecular weight excluding hydrogens is 370 g/mol. The highest BCUT2D eigenvalue weighted by atomic mass is 16.5. The Morgan fingerprint density at radius 3 is 2.21 bits per heavy atom. The number of ether oxygens (including phenoxy) is 1. The van der Waals surface area contributed by atoms with E-state index in [1.165, 1.54) is 4.90 Å². The van der Waals surface area contributed by atoms with Gasteiger partial charge < -0.3 is 15.4 Å². The van der Waals surface area contributed by atoms with Gasteiger partial charge in [-0.05, 0) is 36.4 Å². The normalized spacial score (nSPS) is 24.6. The summed E-state index contributed by atoms with van der Waals surface area (Å²) in [5.74, 6) is 0.573. The van der Waals surface area contributed by atoms with E-state index in [0.717, 1.165) is 10.6 Å². The van der Waals surface area contributed by atoms with Gasteiger partial charge in [0.2, 0.25) is 11.8 Å². The molecule has 1 atom stereocenters. The summed E-state index contributed by atoms with van der Waals surface area (Å²) in [5, 5.41) is 0. The van der Waals surface area contributed by atoms with Gasteiger partial charge in [-0.3, -0.25) is 14.4 Å². The van der Waals surface area contributed by atoms with Gasteiger partial charge in [0.05, 0.1) is 25.2 Å². The summed E-state index contributed by atoms with van der Waals surface area (Å²) in [6, 6.07) is 16.0. The lowest BCUT2D eigenvalue weighted by Crippen LogP contribution is -3.17. The highest BCUT2D eigenvalue weighted by Crippen LogP contribution is 2.27. The number of benzene rings is 2. The van der Waals surface area contributed by atoms with Crippen molar-refractivity contribution < 1.29 is 24.0 Å². The number of nitrogens with zero attached hydrogens (tertiary/aromatic N) is 1. The molecule has 0 radical (unpaired) electrons. The number of likely N-dealkylation sites (tertiary alicyclic amines) is 1. The maximum atomic E-state index is 13.0. The van der Waals surface area contributed by atoms with Crippen LogP contribution in [0.5, 0.6) is 11.5 Å². The molecule has 2 aromatic carbocycles. The Kier molecular flexibility index (Phi) is 5.31. The van der Waals surface area contributed by atoms with Crippen molar-refractivity contribution in [3.8, 4) is 11.5 Å². The Bertz CT molecular complexity index is 905. The molecule has 4 rings (SSSR count). The lowest BCUT2D eigenvalue weighted by molar-refractivity contribution is -0.920. The molecule has 2 fully saturated rings. The summed E-state index contributed by atoms with van der Waals surface area (Å²) in [6.07, 6.45) is 1.51. The molecule has 2 aliphatic rings. The fraction of sp³-hybridized carbons (Fsp3) is 0.318. The van der Waals surface area contributed by atoms with Crippen LogP contribution < -0.4 is 20.3 Å². The number of quaternary nitrogens is 1. The lowest BCUT2D eigenvalue weighted by atomic mass is 9.95. The molecule has 7 heteroatoms. The summed E-state index contributed by atoms with van der Waals surface area (Å²) in [6.45, 7) is 1.35. The van der Waals surface area contributed by atoms with Crippen LogP contribution in [-0.2, 0) is 14.4 Å². The number of rotatable bonds is 5. The average Bonchev–Trinajstić information content (AvgIpc) is 3.03. The number of carbonyl (C=O) groups excluding carboxylic acids is 3. The molecule has 3 amide bonds. The van der Waals surface area contributed by atoms with E-state index in [0.29, 0.717) is 37.4 Å². The van der Waals surface area contributed by atoms with Gasteiger partial charge in [-0.25, -0.2) is 4.90 Å². The third-order valence-corrected chi connectivity index (χ3v) is 5.74. The summed E-state index contributed by atoms with van der Waals surface area (Å²) < 4.78 is 5.77. The first kappa shape index (κ1) is 19.1. The molecule has 0 unspecified atom stereocenters. The number of hydrogen-bond donors (Lipinski definition) is 2. The molecule has 3 N–H and O–H groups in total. The molecule has 29 heavy (non-hydrogen) atoms. The van der Waals surface area contributed by atoms with Gasteiger partial charge in [0, 0.05) is 18.8 Å². The Balaban J connectivity index is 1.43. The number of carbonyl (C=O) groups is 3. The van der Waals surface area contributed by atoms with Gasteiger partial charge in [-0.2, -0.15) is 0 Å². The molecule has 150 valence electrons. The minimum absolute atomic E-state index is 0.126. The number of amides is 3. The predicted octanol–water partition coefficient (Wildman–Crippen LogP) is 0.891. The molecule has 2 aromatic rings. The molecule has 0 aromatic heterocycles. The van der Waals surface area contributed by atoms with E-state index in [1.807, 2.05) is 30.3 Å². The van der Waals surface area contributed by atoms with Crippen molar-refractivity contribution in [3.63, 3.8) is 0 Å². The Morgan fingerprint density at radius 2 is 1.59 bits per heavy atom. The van der Waals surface area contributed by atoms with Crippen LogP contribution >= 0.6 is 0 Å². The number of anilines is 1. The summed E-state index contributed by atoms with van der Waals surface area (Å²) in [4.78, 5) is 39.2. The number of nitrogens with one attached hydrogen (secondary N) is 1. The third kappa shape index (κ3) is 4.00. The van der Waals surface area contributed by atoms with Gasteiger partial charge in [0.15, 0.2) is 6.04 Å². The van der Waals surface area contributed by atoms with Gasteiger partial charge in [-0.1, -0.05) is 18.2 Å². The first-order chi connectivity index (χ1) is 14.0. The van der Waals surface area contributed by atoms with Crippen LogP contribution in [0.1, 0.15) is 19.3 Å². The quantitative estimate of drug-likeness (QED) is 0.737. The molecule has 0 aliphatic carbocycles. The number of para-hydroxylation sites is 1. The molecule has 7 nitrogen and oxygen atoms in total. The van der Waals surface area contributed by atoms with Crippen LogP contribution in [0.4, 0.5) is 5.69 Å². The minimum atomic E-state index is -0.392. The topological polar surface area (TPSA) is 94.1 Å². The van der Waals surface area contributed by atoms with Crippen molar-refractivity contribution in [3.05, 3.63) is 54.6 Å². The molecule has 2 heterocycles. The van der Waals surface area contributed by atoms with Crippen LogP contribution in [0, 0.1) is 5.92 Å². The first-order valence-electron chi connectivity index (χ1n) is 9.86. The van der Waals surface area contributed by atoms with E-state index in [1.54, 1.807) is 24.3 Å². The van der Waals surface area contributed by atoms with Crippen molar-refractivity contribution in [1.82, 2.24) is 0 Å². The molecule has 2 saturated heterocycles. The molecule has 2 aliphatic heterocycles. The number of imide groups is 1. The standard InChI is InChI=1S/C22H23N3O4/c23-21(27)15-10-12-24(13-11-15)19-14-20(26)25(22(19)28)16-6-8-18(9-7-16)29-17-4-2-1-3-5-17/h1-9,15,19H,10-14H2,(H2,23,27)/p+1/t19-/m1/s1. The van der Waals surface area contributed by atoms with Crippen LogP contribution in [-0.4, -0.2) is 36.9 Å². The van der Waals surface area contributed by atoms with E-state index in [4.69, 9.17) is 10.5 Å². The zero-order valence-corrected chi connectivity index (χ0v) is 16.0. The summed E-state index contributed by atoms with van der Waals surface area (Å²) in [5.41, 5.74) is 5.94. The van der Waals surface area contributed by atoms with E-state index in [9.17, 15) is 14.4 Å². The summed E-state index contributed by atoms with van der Waals surface area (Å²) in [7, 11) is 0. The van der Waals surface area contributed by atoms with Gasteiger partial charge >= 0.3 is 0 Å². The Labute approximate surface area is 169 Å². The predicted molar refractivity (Wildman–Crippen MR) is 106 cm³/mol. The maximum absolute atomic E-state index is 13.0. The second-order valence-corrected chi connectivity index (χ2v) is 7.57. The summed E-state index contributed by atoms with van der Waals surface area (Å²) >= 11 is 0. The van der Waals surface area contributed by atoms with Crippen LogP contribution in [0.3, 0.4) is 0 Å². The number of piperidine rings is 1. The minimum Gasteiger partial charge on any atom is -0.457 e. The fourth-order valence-corrected chi connectivity index (χ4v) is 4.13. The van der Waals surface area contributed by atoms with E-state index < -0.39 is 6.04 Å². The second kappa shape index (κ2) is 8.05. The third-order valence-electron chi connectivity index (χ3n) is 5.74. The molecule has 0 bridgehead atoms. The van der Waals surface area contributed by atoms with Crippen LogP contribution in [0.25, 0.3) is 0 Å². The van der Waals surface area contributed by atoms with Gasteiger partial charge in [-0.15, -0.1) is 0 Å². The van der Waals surface area contributed by atoms with E-state index in [2.05, 4.69) is 0 Å². The van der Waals surface area contributed by atoms with Gasteiger partial charge in [0.1, 0.15) is 11.5 Å². The van der Waals surface area contributed by atoms with Crippen molar-refractivity contribution >= 4 is 23.4 Å². The second-order valence-electron chi connectivity index (χ2n) is 7.57. The van der Waals surface area contributed by atoms with E-state index >= 15 is 0 Å². The smallest absolute Gasteiger partial charge is 0.292 e. The number of hydrogen-bond acceptors (Lipinski definition) is 4. The van der Waals surface area contributed by atoms with Gasteiger partial charge in [0.25, 0.3) is 5.91 Å². The Hall–Kier alpha value is -3.19.